The second-order valence-corrected chi connectivity index (χ2v) is 4.18. The van der Waals surface area contributed by atoms with Crippen molar-refractivity contribution in [3.05, 3.63) is 35.1 Å². The fourth-order valence-electron chi connectivity index (χ4n) is 1.60. The van der Waals surface area contributed by atoms with Crippen LogP contribution in [-0.4, -0.2) is 35.1 Å². The van der Waals surface area contributed by atoms with E-state index in [9.17, 15) is 24.2 Å². The van der Waals surface area contributed by atoms with E-state index >= 15 is 0 Å². The minimum atomic E-state index is -1.27. The minimum Gasteiger partial charge on any atom is -0.390 e. The number of carbonyl (C=O) groups is 2. The van der Waals surface area contributed by atoms with Crippen LogP contribution < -0.4 is 5.32 Å². The third-order valence-corrected chi connectivity index (χ3v) is 2.67. The van der Waals surface area contributed by atoms with Crippen LogP contribution in [0.4, 0.5) is 4.39 Å². The monoisotopic (exact) mass is 269 g/mol. The molecule has 0 bridgehead atoms. The van der Waals surface area contributed by atoms with Gasteiger partial charge in [0.2, 0.25) is 5.91 Å². The van der Waals surface area contributed by atoms with Gasteiger partial charge in [0, 0.05) is 13.5 Å². The van der Waals surface area contributed by atoms with Gasteiger partial charge in [-0.15, -0.1) is 0 Å². The molecule has 0 saturated carbocycles. The highest BCUT2D eigenvalue weighted by Crippen LogP contribution is 2.20. The number of carbonyl (C=O) groups excluding carboxylic acids is 2. The Morgan fingerprint density at radius 3 is 2.68 bits per heavy atom. The van der Waals surface area contributed by atoms with Crippen LogP contribution in [0.2, 0.25) is 0 Å². The molecule has 0 aliphatic heterocycles. The molecule has 0 radical (unpaired) electrons. The summed E-state index contributed by atoms with van der Waals surface area (Å²) in [5, 5.41) is 22.0. The summed E-state index contributed by atoms with van der Waals surface area (Å²) in [5.74, 6) is -0.983. The van der Waals surface area contributed by atoms with Crippen molar-refractivity contribution in [1.29, 1.82) is 0 Å². The van der Waals surface area contributed by atoms with E-state index in [4.69, 9.17) is 0 Å². The van der Waals surface area contributed by atoms with E-state index in [1.807, 2.05) is 0 Å². The van der Waals surface area contributed by atoms with Crippen molar-refractivity contribution in [3.63, 3.8) is 0 Å². The van der Waals surface area contributed by atoms with Crippen molar-refractivity contribution in [1.82, 2.24) is 5.32 Å². The van der Waals surface area contributed by atoms with Crippen molar-refractivity contribution < 1.29 is 24.2 Å². The van der Waals surface area contributed by atoms with E-state index in [0.717, 1.165) is 6.07 Å². The normalized spacial score (nSPS) is 13.7. The summed E-state index contributed by atoms with van der Waals surface area (Å²) in [6.07, 6.45) is -1.89. The molecule has 6 heteroatoms. The first kappa shape index (κ1) is 15.3. The van der Waals surface area contributed by atoms with Gasteiger partial charge in [0.25, 0.3) is 0 Å². The van der Waals surface area contributed by atoms with Crippen LogP contribution in [0.15, 0.2) is 18.2 Å². The number of halogens is 1. The maximum absolute atomic E-state index is 13.4. The summed E-state index contributed by atoms with van der Waals surface area (Å²) < 4.78 is 13.4. The Bertz CT molecular complexity index is 464. The van der Waals surface area contributed by atoms with E-state index in [2.05, 4.69) is 5.32 Å². The maximum atomic E-state index is 13.4. The minimum absolute atomic E-state index is 0.108. The first-order chi connectivity index (χ1) is 8.95. The van der Waals surface area contributed by atoms with Gasteiger partial charge in [0.15, 0.2) is 6.29 Å². The van der Waals surface area contributed by atoms with Gasteiger partial charge in [-0.1, -0.05) is 6.07 Å². The zero-order valence-corrected chi connectivity index (χ0v) is 10.5. The van der Waals surface area contributed by atoms with Gasteiger partial charge in [-0.2, -0.15) is 0 Å². The summed E-state index contributed by atoms with van der Waals surface area (Å²) in [6.45, 7) is 1.55. The van der Waals surface area contributed by atoms with Crippen LogP contribution >= 0.6 is 0 Å². The summed E-state index contributed by atoms with van der Waals surface area (Å²) in [7, 11) is 0. The van der Waals surface area contributed by atoms with Gasteiger partial charge in [0.1, 0.15) is 11.9 Å². The summed E-state index contributed by atoms with van der Waals surface area (Å²) >= 11 is 0. The Hall–Kier alpha value is -1.79. The predicted octanol–water partition coefficient (Wildman–Crippen LogP) is 0.559. The second kappa shape index (κ2) is 6.96. The van der Waals surface area contributed by atoms with E-state index in [1.165, 1.54) is 19.1 Å². The lowest BCUT2D eigenvalue weighted by Crippen LogP contribution is -2.27. The molecule has 2 atom stereocenters. The zero-order valence-electron chi connectivity index (χ0n) is 10.5. The van der Waals surface area contributed by atoms with Crippen molar-refractivity contribution >= 4 is 12.2 Å². The maximum Gasteiger partial charge on any atom is 0.216 e. The van der Waals surface area contributed by atoms with Gasteiger partial charge in [-0.05, 0) is 24.1 Å². The molecule has 0 fully saturated rings. The van der Waals surface area contributed by atoms with E-state index in [1.54, 1.807) is 0 Å². The average molecular weight is 269 g/mol. The number of nitrogens with one attached hydrogen (secondary N) is 1. The van der Waals surface area contributed by atoms with Crippen LogP contribution in [0.25, 0.3) is 0 Å². The van der Waals surface area contributed by atoms with E-state index in [0.29, 0.717) is 6.29 Å². The topological polar surface area (TPSA) is 86.6 Å². The molecule has 0 aromatic heterocycles. The highest BCUT2D eigenvalue weighted by atomic mass is 19.1. The molecule has 5 nitrogen and oxygen atoms in total. The molecular weight excluding hydrogens is 253 g/mol. The van der Waals surface area contributed by atoms with Crippen molar-refractivity contribution in [2.75, 3.05) is 6.54 Å². The highest BCUT2D eigenvalue weighted by molar-refractivity contribution is 5.75. The molecule has 0 saturated heterocycles. The fraction of sp³-hybridized carbons (Fsp3) is 0.385. The lowest BCUT2D eigenvalue weighted by molar-refractivity contribution is -0.119. The number of benzene rings is 1. The molecule has 0 heterocycles. The molecule has 3 N–H and O–H groups in total. The van der Waals surface area contributed by atoms with Gasteiger partial charge < -0.3 is 15.5 Å². The third kappa shape index (κ3) is 4.42. The SMILES string of the molecule is CC(=O)NCCC(O)C(O)c1ccc(C=O)c(F)c1. The Morgan fingerprint density at radius 1 is 1.47 bits per heavy atom. The molecule has 2 unspecified atom stereocenters. The predicted molar refractivity (Wildman–Crippen MR) is 66.1 cm³/mol. The zero-order chi connectivity index (χ0) is 14.4. The first-order valence-electron chi connectivity index (χ1n) is 5.81. The number of amides is 1. The fourth-order valence-corrected chi connectivity index (χ4v) is 1.60. The molecule has 1 rings (SSSR count). The largest absolute Gasteiger partial charge is 0.390 e. The number of hydrogen-bond acceptors (Lipinski definition) is 4. The number of aliphatic hydroxyl groups is 2. The molecule has 0 aliphatic rings. The molecule has 19 heavy (non-hydrogen) atoms. The van der Waals surface area contributed by atoms with Gasteiger partial charge in [0.05, 0.1) is 11.7 Å². The Labute approximate surface area is 110 Å². The quantitative estimate of drug-likeness (QED) is 0.658. The van der Waals surface area contributed by atoms with Crippen LogP contribution in [0.3, 0.4) is 0 Å². The van der Waals surface area contributed by atoms with E-state index < -0.39 is 18.0 Å². The molecule has 1 aromatic rings. The smallest absolute Gasteiger partial charge is 0.216 e. The Balaban J connectivity index is 2.65. The molecule has 1 aromatic carbocycles. The van der Waals surface area contributed by atoms with Gasteiger partial charge >= 0.3 is 0 Å². The second-order valence-electron chi connectivity index (χ2n) is 4.18. The molecule has 0 spiro atoms. The van der Waals surface area contributed by atoms with E-state index in [-0.39, 0.29) is 30.0 Å². The van der Waals surface area contributed by atoms with Crippen molar-refractivity contribution in [2.45, 2.75) is 25.6 Å². The molecule has 0 aliphatic carbocycles. The van der Waals surface area contributed by atoms with Gasteiger partial charge in [-0.3, -0.25) is 9.59 Å². The Kier molecular flexibility index (Phi) is 5.59. The summed E-state index contributed by atoms with van der Waals surface area (Å²) in [4.78, 5) is 21.1. The summed E-state index contributed by atoms with van der Waals surface area (Å²) in [5.41, 5.74) is 0.0714. The highest BCUT2D eigenvalue weighted by Gasteiger charge is 2.19. The lowest BCUT2D eigenvalue weighted by atomic mass is 10.0. The van der Waals surface area contributed by atoms with Crippen molar-refractivity contribution in [2.24, 2.45) is 0 Å². The van der Waals surface area contributed by atoms with Crippen LogP contribution in [0.1, 0.15) is 35.4 Å². The first-order valence-corrected chi connectivity index (χ1v) is 5.81. The van der Waals surface area contributed by atoms with Crippen molar-refractivity contribution in [3.8, 4) is 0 Å². The van der Waals surface area contributed by atoms with Crippen LogP contribution in [-0.2, 0) is 4.79 Å². The molecule has 104 valence electrons. The molecule has 1 amide bonds. The standard InChI is InChI=1S/C13H16FNO4/c1-8(17)15-5-4-12(18)13(19)9-2-3-10(7-16)11(14)6-9/h2-3,6-7,12-13,18-19H,4-5H2,1H3,(H,15,17). The lowest BCUT2D eigenvalue weighted by Gasteiger charge is -2.18. The number of aldehydes is 1. The number of aliphatic hydroxyl groups excluding tert-OH is 2. The average Bonchev–Trinajstić information content (AvgIpc) is 2.37. The van der Waals surface area contributed by atoms with Crippen LogP contribution in [0, 0.1) is 5.82 Å². The Morgan fingerprint density at radius 2 is 2.16 bits per heavy atom. The number of rotatable bonds is 6. The molecular formula is C13H16FNO4. The van der Waals surface area contributed by atoms with Crippen LogP contribution in [0.5, 0.6) is 0 Å². The van der Waals surface area contributed by atoms with Gasteiger partial charge in [-0.25, -0.2) is 4.39 Å². The third-order valence-electron chi connectivity index (χ3n) is 2.67. The summed E-state index contributed by atoms with van der Waals surface area (Å²) in [6, 6.07) is 3.62. The number of hydrogen-bond donors (Lipinski definition) is 3.